The van der Waals surface area contributed by atoms with Crippen LogP contribution < -0.4 is 10.1 Å². The number of aromatic amines is 1. The molecule has 0 spiro atoms. The van der Waals surface area contributed by atoms with Crippen LogP contribution in [0.25, 0.3) is 11.3 Å². The van der Waals surface area contributed by atoms with Gasteiger partial charge < -0.3 is 15.2 Å². The van der Waals surface area contributed by atoms with Crippen molar-refractivity contribution in [3.8, 4) is 28.8 Å². The predicted molar refractivity (Wildman–Crippen MR) is 82.3 cm³/mol. The molecule has 0 unspecified atom stereocenters. The van der Waals surface area contributed by atoms with Crippen molar-refractivity contribution in [2.75, 3.05) is 12.4 Å². The Kier molecular flexibility index (Phi) is 3.76. The number of rotatable bonds is 4. The van der Waals surface area contributed by atoms with Gasteiger partial charge in [0.15, 0.2) is 11.5 Å². The molecule has 8 heteroatoms. The molecule has 3 N–H and O–H groups in total. The van der Waals surface area contributed by atoms with E-state index < -0.39 is 0 Å². The fourth-order valence-corrected chi connectivity index (χ4v) is 2.01. The van der Waals surface area contributed by atoms with Gasteiger partial charge in [0, 0.05) is 17.7 Å². The first kappa shape index (κ1) is 14.3. The Hall–Kier alpha value is -3.60. The largest absolute Gasteiger partial charge is 0.508 e. The number of H-pyrrole nitrogens is 1. The number of methoxy groups -OCH3 is 1. The van der Waals surface area contributed by atoms with Gasteiger partial charge in [-0.15, -0.1) is 0 Å². The number of benzene rings is 1. The lowest BCUT2D eigenvalue weighted by molar-refractivity contribution is 0.409. The number of phenols is 1. The Labute approximate surface area is 131 Å². The van der Waals surface area contributed by atoms with Gasteiger partial charge >= 0.3 is 0 Å². The second-order valence-corrected chi connectivity index (χ2v) is 4.58. The van der Waals surface area contributed by atoms with Crippen LogP contribution in [0.1, 0.15) is 5.69 Å². The summed E-state index contributed by atoms with van der Waals surface area (Å²) in [7, 11) is 1.53. The van der Waals surface area contributed by atoms with E-state index in [1.807, 2.05) is 6.07 Å². The number of anilines is 2. The normalized spacial score (nSPS) is 10.1. The molecular formula is C15H12N6O2. The van der Waals surface area contributed by atoms with E-state index in [2.05, 4.69) is 25.5 Å². The van der Waals surface area contributed by atoms with Gasteiger partial charge in [-0.3, -0.25) is 5.10 Å². The zero-order chi connectivity index (χ0) is 16.2. The van der Waals surface area contributed by atoms with Gasteiger partial charge in [-0.25, -0.2) is 9.97 Å². The lowest BCUT2D eigenvalue weighted by Crippen LogP contribution is -1.95. The highest BCUT2D eigenvalue weighted by Gasteiger charge is 2.10. The number of nitrogens with zero attached hydrogens (tertiary/aromatic N) is 4. The molecule has 0 atom stereocenters. The standard InChI is InChI=1S/C15H12N6O2/c1-23-13-4-10(22)2-3-11(13)12-5-14(21-20-12)19-15-8-17-9(6-16)7-18-15/h2-5,7-8,22H,1H3,(H2,18,19,20,21). The second-order valence-electron chi connectivity index (χ2n) is 4.58. The molecule has 114 valence electrons. The molecule has 2 heterocycles. The maximum Gasteiger partial charge on any atom is 0.158 e. The van der Waals surface area contributed by atoms with E-state index >= 15 is 0 Å². The van der Waals surface area contributed by atoms with Crippen molar-refractivity contribution in [1.82, 2.24) is 20.2 Å². The maximum absolute atomic E-state index is 9.50. The average molecular weight is 308 g/mol. The molecule has 0 amide bonds. The third kappa shape index (κ3) is 3.03. The van der Waals surface area contributed by atoms with Crippen LogP contribution in [-0.4, -0.2) is 32.4 Å². The predicted octanol–water partition coefficient (Wildman–Crippen LogP) is 2.20. The summed E-state index contributed by atoms with van der Waals surface area (Å²) in [5.41, 5.74) is 1.72. The number of hydrogen-bond donors (Lipinski definition) is 3. The summed E-state index contributed by atoms with van der Waals surface area (Å²) in [6.07, 6.45) is 2.83. The van der Waals surface area contributed by atoms with Gasteiger partial charge in [0.05, 0.1) is 25.2 Å². The molecule has 2 aromatic heterocycles. The molecule has 3 rings (SSSR count). The lowest BCUT2D eigenvalue weighted by atomic mass is 10.1. The third-order valence-electron chi connectivity index (χ3n) is 3.08. The molecule has 0 aliphatic heterocycles. The number of phenolic OH excluding ortho intramolecular Hbond substituents is 1. The monoisotopic (exact) mass is 308 g/mol. The van der Waals surface area contributed by atoms with E-state index in [9.17, 15) is 5.11 Å². The van der Waals surface area contributed by atoms with Crippen molar-refractivity contribution in [1.29, 1.82) is 5.26 Å². The smallest absolute Gasteiger partial charge is 0.158 e. The van der Waals surface area contributed by atoms with Gasteiger partial charge in [0.2, 0.25) is 0 Å². The number of hydrogen-bond acceptors (Lipinski definition) is 7. The first-order valence-corrected chi connectivity index (χ1v) is 6.61. The molecule has 0 saturated carbocycles. The van der Waals surface area contributed by atoms with Crippen LogP contribution in [0.4, 0.5) is 11.6 Å². The molecule has 8 nitrogen and oxygen atoms in total. The van der Waals surface area contributed by atoms with Crippen LogP contribution in [0.3, 0.4) is 0 Å². The van der Waals surface area contributed by atoms with Crippen LogP contribution in [0, 0.1) is 11.3 Å². The van der Waals surface area contributed by atoms with Crippen molar-refractivity contribution < 1.29 is 9.84 Å². The molecule has 0 aliphatic rings. The van der Waals surface area contributed by atoms with Crippen LogP contribution in [0.5, 0.6) is 11.5 Å². The van der Waals surface area contributed by atoms with Crippen molar-refractivity contribution in [2.45, 2.75) is 0 Å². The fourth-order valence-electron chi connectivity index (χ4n) is 2.01. The van der Waals surface area contributed by atoms with Gasteiger partial charge in [0.1, 0.15) is 23.4 Å². The van der Waals surface area contributed by atoms with Crippen LogP contribution in [0.15, 0.2) is 36.7 Å². The van der Waals surface area contributed by atoms with Gasteiger partial charge in [-0.1, -0.05) is 0 Å². The zero-order valence-corrected chi connectivity index (χ0v) is 12.1. The van der Waals surface area contributed by atoms with E-state index in [1.165, 1.54) is 25.6 Å². The molecule has 3 aromatic rings. The minimum absolute atomic E-state index is 0.122. The van der Waals surface area contributed by atoms with Gasteiger partial charge in [0.25, 0.3) is 0 Å². The van der Waals surface area contributed by atoms with Crippen molar-refractivity contribution in [2.24, 2.45) is 0 Å². The second kappa shape index (κ2) is 6.03. The van der Waals surface area contributed by atoms with E-state index in [0.717, 1.165) is 5.56 Å². The molecule has 0 fully saturated rings. The van der Waals surface area contributed by atoms with Gasteiger partial charge in [-0.05, 0) is 12.1 Å². The maximum atomic E-state index is 9.50. The van der Waals surface area contributed by atoms with Crippen molar-refractivity contribution in [3.05, 3.63) is 42.4 Å². The Morgan fingerprint density at radius 1 is 1.22 bits per heavy atom. The molecule has 0 bridgehead atoms. The minimum Gasteiger partial charge on any atom is -0.508 e. The van der Waals surface area contributed by atoms with Gasteiger partial charge in [-0.2, -0.15) is 10.4 Å². The number of aromatic nitrogens is 4. The zero-order valence-electron chi connectivity index (χ0n) is 12.1. The van der Waals surface area contributed by atoms with E-state index in [1.54, 1.807) is 18.2 Å². The van der Waals surface area contributed by atoms with E-state index in [4.69, 9.17) is 10.00 Å². The average Bonchev–Trinajstić information content (AvgIpc) is 3.03. The summed E-state index contributed by atoms with van der Waals surface area (Å²) in [5, 5.41) is 28.2. The lowest BCUT2D eigenvalue weighted by Gasteiger charge is -2.06. The van der Waals surface area contributed by atoms with Crippen LogP contribution in [0.2, 0.25) is 0 Å². The van der Waals surface area contributed by atoms with Crippen molar-refractivity contribution in [3.63, 3.8) is 0 Å². The van der Waals surface area contributed by atoms with E-state index in [-0.39, 0.29) is 11.4 Å². The Bertz CT molecular complexity index is 866. The summed E-state index contributed by atoms with van der Waals surface area (Å²) < 4.78 is 5.25. The Morgan fingerprint density at radius 3 is 2.78 bits per heavy atom. The van der Waals surface area contributed by atoms with Crippen LogP contribution in [-0.2, 0) is 0 Å². The molecule has 0 radical (unpaired) electrons. The molecule has 1 aromatic carbocycles. The van der Waals surface area contributed by atoms with E-state index in [0.29, 0.717) is 23.1 Å². The minimum atomic E-state index is 0.122. The van der Waals surface area contributed by atoms with Crippen molar-refractivity contribution >= 4 is 11.6 Å². The summed E-state index contributed by atoms with van der Waals surface area (Å²) in [4.78, 5) is 7.99. The number of ether oxygens (including phenoxy) is 1. The summed E-state index contributed by atoms with van der Waals surface area (Å²) in [6.45, 7) is 0. The highest BCUT2D eigenvalue weighted by atomic mass is 16.5. The number of nitrogens with one attached hydrogen (secondary N) is 2. The molecule has 23 heavy (non-hydrogen) atoms. The summed E-state index contributed by atoms with van der Waals surface area (Å²) in [5.74, 6) is 1.66. The number of aromatic hydroxyl groups is 1. The molecule has 0 saturated heterocycles. The number of nitriles is 1. The highest BCUT2D eigenvalue weighted by Crippen LogP contribution is 2.32. The Balaban J connectivity index is 1.84. The topological polar surface area (TPSA) is 120 Å². The summed E-state index contributed by atoms with van der Waals surface area (Å²) in [6, 6.07) is 8.50. The Morgan fingerprint density at radius 2 is 2.09 bits per heavy atom. The third-order valence-corrected chi connectivity index (χ3v) is 3.08. The molecule has 0 aliphatic carbocycles. The quantitative estimate of drug-likeness (QED) is 0.675. The summed E-state index contributed by atoms with van der Waals surface area (Å²) >= 11 is 0. The first-order valence-electron chi connectivity index (χ1n) is 6.61. The van der Waals surface area contributed by atoms with Crippen LogP contribution >= 0.6 is 0 Å². The molecular weight excluding hydrogens is 296 g/mol. The fraction of sp³-hybridized carbons (Fsp3) is 0.0667. The first-order chi connectivity index (χ1) is 11.2. The SMILES string of the molecule is COc1cc(O)ccc1-c1cc(Nc2cnc(C#N)cn2)n[nH]1. The highest BCUT2D eigenvalue weighted by molar-refractivity contribution is 5.71.